The fourth-order valence-electron chi connectivity index (χ4n) is 3.74. The number of ether oxygens (including phenoxy) is 3. The number of carbonyl (C=O) groups is 1. The molecule has 0 spiro atoms. The zero-order valence-electron chi connectivity index (χ0n) is 25.7. The number of aromatic nitrogens is 4. The molecule has 5 aromatic rings. The van der Waals surface area contributed by atoms with Crippen LogP contribution in [0.3, 0.4) is 0 Å². The van der Waals surface area contributed by atoms with E-state index in [0.717, 1.165) is 4.68 Å². The van der Waals surface area contributed by atoms with Crippen molar-refractivity contribution in [3.8, 4) is 28.8 Å². The number of hydrogen-bond acceptors (Lipinski definition) is 9. The van der Waals surface area contributed by atoms with Gasteiger partial charge in [0.25, 0.3) is 0 Å². The second-order valence-electron chi connectivity index (χ2n) is 11.2. The first-order valence-electron chi connectivity index (χ1n) is 14.0. The minimum Gasteiger partial charge on any atom is -0.489 e. The lowest BCUT2D eigenvalue weighted by molar-refractivity contribution is -0.144. The summed E-state index contributed by atoms with van der Waals surface area (Å²) in [6, 6.07) is 14.9. The van der Waals surface area contributed by atoms with E-state index in [1.54, 1.807) is 48.5 Å². The predicted octanol–water partition coefficient (Wildman–Crippen LogP) is 8.14. The van der Waals surface area contributed by atoms with Crippen LogP contribution in [-0.4, -0.2) is 43.0 Å². The molecule has 2 heterocycles. The van der Waals surface area contributed by atoms with E-state index in [-0.39, 0.29) is 16.5 Å². The smallest absolute Gasteiger partial charge is 0.442 e. The largest absolute Gasteiger partial charge is 0.489 e. The van der Waals surface area contributed by atoms with E-state index in [1.807, 2.05) is 34.6 Å². The minimum absolute atomic E-state index is 0.0642. The number of benzene rings is 3. The van der Waals surface area contributed by atoms with Gasteiger partial charge in [-0.25, -0.2) is 19.6 Å². The summed E-state index contributed by atoms with van der Waals surface area (Å²) in [5.74, 6) is 0.450. The number of carboxylic acid groups (broad SMARTS) is 1. The van der Waals surface area contributed by atoms with Crippen molar-refractivity contribution in [1.29, 1.82) is 0 Å². The van der Waals surface area contributed by atoms with E-state index in [9.17, 15) is 9.59 Å². The summed E-state index contributed by atoms with van der Waals surface area (Å²) in [6.45, 7) is 10.9. The van der Waals surface area contributed by atoms with Crippen LogP contribution in [0, 0.1) is 0 Å². The van der Waals surface area contributed by atoms with Crippen LogP contribution in [0.1, 0.15) is 47.4 Å². The third kappa shape index (κ3) is 8.90. The summed E-state index contributed by atoms with van der Waals surface area (Å²) >= 11 is 18.2. The van der Waals surface area contributed by atoms with Crippen molar-refractivity contribution in [1.82, 2.24) is 19.7 Å². The number of aliphatic carboxylic acids is 1. The summed E-state index contributed by atoms with van der Waals surface area (Å²) in [5.41, 5.74) is 1.33. The van der Waals surface area contributed by atoms with E-state index in [0.29, 0.717) is 55.8 Å². The summed E-state index contributed by atoms with van der Waals surface area (Å²) in [7, 11) is 0. The van der Waals surface area contributed by atoms with E-state index >= 15 is 0 Å². The van der Waals surface area contributed by atoms with Crippen LogP contribution in [0.25, 0.3) is 16.7 Å². The molecule has 0 aliphatic carbocycles. The van der Waals surface area contributed by atoms with Crippen molar-refractivity contribution in [3.05, 3.63) is 92.3 Å². The first-order chi connectivity index (χ1) is 21.6. The Kier molecular flexibility index (Phi) is 10.8. The summed E-state index contributed by atoms with van der Waals surface area (Å²) < 4.78 is 22.8. The molecule has 2 aromatic heterocycles. The number of nitrogens with zero attached hydrogens (tertiary/aromatic N) is 4. The molecule has 0 saturated heterocycles. The van der Waals surface area contributed by atoms with Gasteiger partial charge in [-0.1, -0.05) is 55.6 Å². The van der Waals surface area contributed by atoms with Crippen LogP contribution in [0.2, 0.25) is 15.1 Å². The Hall–Kier alpha value is -4.32. The van der Waals surface area contributed by atoms with Gasteiger partial charge in [0, 0.05) is 16.5 Å². The van der Waals surface area contributed by atoms with Gasteiger partial charge >= 0.3 is 11.7 Å². The van der Waals surface area contributed by atoms with Crippen LogP contribution in [-0.2, 0) is 10.2 Å². The van der Waals surface area contributed by atoms with Gasteiger partial charge in [-0.05, 0) is 69.3 Å². The Morgan fingerprint density at radius 2 is 1.59 bits per heavy atom. The van der Waals surface area contributed by atoms with Gasteiger partial charge in [0.1, 0.15) is 17.2 Å². The molecule has 0 radical (unpaired) electrons. The lowest BCUT2D eigenvalue weighted by Crippen LogP contribution is -2.22. The number of hydrogen-bond donors (Lipinski definition) is 1. The molecule has 1 unspecified atom stereocenters. The topological polar surface area (TPSA) is 139 Å². The molecule has 0 aliphatic heterocycles. The normalized spacial score (nSPS) is 12.0. The molecule has 3 aromatic carbocycles. The van der Waals surface area contributed by atoms with Gasteiger partial charge < -0.3 is 23.7 Å². The molecule has 0 bridgehead atoms. The third-order valence-corrected chi connectivity index (χ3v) is 6.80. The molecular formula is C32H31Cl3N4O7. The quantitative estimate of drug-likeness (QED) is 0.170. The Morgan fingerprint density at radius 1 is 0.913 bits per heavy atom. The molecule has 5 rings (SSSR count). The molecular weight excluding hydrogens is 659 g/mol. The van der Waals surface area contributed by atoms with Crippen LogP contribution in [0.5, 0.6) is 23.1 Å². The summed E-state index contributed by atoms with van der Waals surface area (Å²) in [6.07, 6.45) is 0.524. The highest BCUT2D eigenvalue weighted by atomic mass is 35.5. The number of halogens is 3. The molecule has 0 saturated carbocycles. The zero-order valence-corrected chi connectivity index (χ0v) is 28.0. The minimum atomic E-state index is -1.03. The Morgan fingerprint density at radius 3 is 2.20 bits per heavy atom. The van der Waals surface area contributed by atoms with Crippen molar-refractivity contribution in [3.63, 3.8) is 0 Å². The maximum atomic E-state index is 12.1. The van der Waals surface area contributed by atoms with Crippen LogP contribution in [0.4, 0.5) is 0 Å². The molecule has 11 nitrogen and oxygen atoms in total. The molecule has 0 amide bonds. The monoisotopic (exact) mass is 688 g/mol. The molecule has 1 N–H and O–H groups in total. The molecule has 0 aliphatic rings. The lowest BCUT2D eigenvalue weighted by atomic mass is 9.97. The van der Waals surface area contributed by atoms with Gasteiger partial charge in [0.15, 0.2) is 6.10 Å². The second-order valence-corrected chi connectivity index (χ2v) is 12.5. The van der Waals surface area contributed by atoms with Crippen molar-refractivity contribution in [2.45, 2.75) is 59.2 Å². The standard InChI is InChI=1S/C17H13ClN2O4.C15H18Cl2N2O3/c1-10(17(21)22)23-12-3-5-13(6-4-12)24-16-9-19-15-8-11(18)2-7-14(15)20-16;1-8(2)21-12-7-11(9(16)6-10(12)17)19-14(20)22-13(18-19)15(3,4)5/h2-10H,1H3,(H,21,22);6-8H,1-5H3. The van der Waals surface area contributed by atoms with Crippen LogP contribution < -0.4 is 20.0 Å². The van der Waals surface area contributed by atoms with E-state index < -0.39 is 17.8 Å². The van der Waals surface area contributed by atoms with Crippen molar-refractivity contribution >= 4 is 51.8 Å². The molecule has 0 fully saturated rings. The SMILES string of the molecule is CC(C)Oc1cc(-n2nc(C(C)(C)C)oc2=O)c(Cl)cc1Cl.CC(Oc1ccc(Oc2cnc3cc(Cl)ccc3n2)cc1)C(=O)O. The van der Waals surface area contributed by atoms with Gasteiger partial charge in [-0.2, -0.15) is 4.68 Å². The Balaban J connectivity index is 0.000000210. The van der Waals surface area contributed by atoms with Crippen LogP contribution >= 0.6 is 34.8 Å². The van der Waals surface area contributed by atoms with Gasteiger partial charge in [-0.3, -0.25) is 0 Å². The maximum absolute atomic E-state index is 12.1. The fraction of sp³-hybridized carbons (Fsp3) is 0.281. The highest BCUT2D eigenvalue weighted by Gasteiger charge is 2.24. The average molecular weight is 690 g/mol. The Bertz CT molecular complexity index is 1900. The molecule has 14 heteroatoms. The van der Waals surface area contributed by atoms with E-state index in [1.165, 1.54) is 19.2 Å². The first kappa shape index (κ1) is 34.6. The van der Waals surface area contributed by atoms with Crippen LogP contribution in [0.15, 0.2) is 70.0 Å². The predicted molar refractivity (Wildman–Crippen MR) is 175 cm³/mol. The number of carboxylic acids is 1. The first-order valence-corrected chi connectivity index (χ1v) is 15.1. The number of fused-ring (bicyclic) bond motifs is 1. The van der Waals surface area contributed by atoms with Gasteiger partial charge in [0.2, 0.25) is 11.8 Å². The zero-order chi connectivity index (χ0) is 33.8. The van der Waals surface area contributed by atoms with Crippen molar-refractivity contribution < 1.29 is 28.5 Å². The molecule has 46 heavy (non-hydrogen) atoms. The average Bonchev–Trinajstić information content (AvgIpc) is 3.37. The third-order valence-electron chi connectivity index (χ3n) is 5.97. The second kappa shape index (κ2) is 14.4. The highest BCUT2D eigenvalue weighted by molar-refractivity contribution is 6.36. The van der Waals surface area contributed by atoms with Gasteiger partial charge in [-0.15, -0.1) is 5.10 Å². The van der Waals surface area contributed by atoms with Crippen molar-refractivity contribution in [2.24, 2.45) is 0 Å². The van der Waals surface area contributed by atoms with E-state index in [2.05, 4.69) is 15.1 Å². The van der Waals surface area contributed by atoms with Gasteiger partial charge in [0.05, 0.1) is 39.1 Å². The Labute approximate surface area is 279 Å². The highest BCUT2D eigenvalue weighted by Crippen LogP contribution is 2.33. The lowest BCUT2D eigenvalue weighted by Gasteiger charge is -2.13. The van der Waals surface area contributed by atoms with Crippen molar-refractivity contribution in [2.75, 3.05) is 0 Å². The summed E-state index contributed by atoms with van der Waals surface area (Å²) in [5, 5.41) is 14.3. The maximum Gasteiger partial charge on any atom is 0.442 e. The summed E-state index contributed by atoms with van der Waals surface area (Å²) in [4.78, 5) is 31.4. The molecule has 1 atom stereocenters. The van der Waals surface area contributed by atoms with E-state index in [4.69, 9.17) is 58.5 Å². The number of rotatable bonds is 8. The fourth-order valence-corrected chi connectivity index (χ4v) is 4.41. The molecule has 242 valence electrons.